The number of thiophene rings is 1. The first-order valence-corrected chi connectivity index (χ1v) is 12.5. The van der Waals surface area contributed by atoms with E-state index in [2.05, 4.69) is 0 Å². The SMILES string of the molecule is CCOc1ccc2oc(-c3ccc(Cl)cc3)c/c(=N\c3sc4c(c3C(=O)OC)CCCC4)c2c1. The molecule has 5 rings (SSSR count). The van der Waals surface area contributed by atoms with Crippen LogP contribution in [0.15, 0.2) is 57.9 Å². The molecule has 7 heteroatoms. The van der Waals surface area contributed by atoms with Gasteiger partial charge in [-0.05, 0) is 80.6 Å². The maximum absolute atomic E-state index is 12.8. The van der Waals surface area contributed by atoms with E-state index in [1.807, 2.05) is 55.5 Å². The normalized spacial score (nSPS) is 13.7. The predicted molar refractivity (Wildman–Crippen MR) is 135 cm³/mol. The Bertz CT molecular complexity index is 1440. The van der Waals surface area contributed by atoms with Gasteiger partial charge in [0.15, 0.2) is 0 Å². The zero-order valence-electron chi connectivity index (χ0n) is 19.0. The van der Waals surface area contributed by atoms with Crippen molar-refractivity contribution in [1.82, 2.24) is 0 Å². The van der Waals surface area contributed by atoms with Gasteiger partial charge in [0.2, 0.25) is 0 Å². The van der Waals surface area contributed by atoms with Gasteiger partial charge in [-0.2, -0.15) is 0 Å². The highest BCUT2D eigenvalue weighted by Gasteiger charge is 2.26. The summed E-state index contributed by atoms with van der Waals surface area (Å²) in [6, 6.07) is 15.1. The number of ether oxygens (including phenoxy) is 2. The van der Waals surface area contributed by atoms with Gasteiger partial charge in [-0.3, -0.25) is 0 Å². The van der Waals surface area contributed by atoms with Crippen LogP contribution in [-0.4, -0.2) is 19.7 Å². The standard InChI is InChI=1S/C27H24ClNO4S/c1-3-32-18-12-13-22-20(14-18)21(15-23(33-22)16-8-10-17(28)11-9-16)29-26-25(27(30)31-2)19-6-4-5-7-24(19)34-26/h8-15H,3-7H2,1-2H3/b29-21+. The van der Waals surface area contributed by atoms with E-state index in [1.165, 1.54) is 12.0 Å². The van der Waals surface area contributed by atoms with Gasteiger partial charge in [0.05, 0.1) is 24.6 Å². The van der Waals surface area contributed by atoms with Crippen LogP contribution in [0.4, 0.5) is 5.00 Å². The number of methoxy groups -OCH3 is 1. The fourth-order valence-corrected chi connectivity index (χ4v) is 5.69. The molecule has 0 fully saturated rings. The quantitative estimate of drug-likeness (QED) is 0.278. The number of rotatable bonds is 5. The summed E-state index contributed by atoms with van der Waals surface area (Å²) in [4.78, 5) is 19.0. The zero-order valence-corrected chi connectivity index (χ0v) is 20.6. The number of benzene rings is 2. The van der Waals surface area contributed by atoms with Crippen molar-refractivity contribution in [3.05, 3.63) is 74.9 Å². The van der Waals surface area contributed by atoms with E-state index >= 15 is 0 Å². The first-order valence-electron chi connectivity index (χ1n) is 11.3. The molecule has 1 aliphatic carbocycles. The third-order valence-corrected chi connectivity index (χ3v) is 7.36. The summed E-state index contributed by atoms with van der Waals surface area (Å²) in [7, 11) is 1.42. The Labute approximate surface area is 206 Å². The van der Waals surface area contributed by atoms with Crippen LogP contribution in [0.2, 0.25) is 5.02 Å². The van der Waals surface area contributed by atoms with Gasteiger partial charge >= 0.3 is 5.97 Å². The highest BCUT2D eigenvalue weighted by atomic mass is 35.5. The number of esters is 1. The summed E-state index contributed by atoms with van der Waals surface area (Å²) < 4.78 is 17.1. The highest BCUT2D eigenvalue weighted by Crippen LogP contribution is 2.40. The molecule has 0 atom stereocenters. The second-order valence-electron chi connectivity index (χ2n) is 8.09. The lowest BCUT2D eigenvalue weighted by Crippen LogP contribution is -2.08. The minimum absolute atomic E-state index is 0.337. The Morgan fingerprint density at radius 2 is 1.91 bits per heavy atom. The van der Waals surface area contributed by atoms with E-state index in [1.54, 1.807) is 11.3 Å². The number of carbonyl (C=O) groups is 1. The van der Waals surface area contributed by atoms with Crippen LogP contribution in [0.3, 0.4) is 0 Å². The van der Waals surface area contributed by atoms with Crippen LogP contribution in [0.5, 0.6) is 5.75 Å². The van der Waals surface area contributed by atoms with Crippen LogP contribution in [0, 0.1) is 0 Å². The van der Waals surface area contributed by atoms with E-state index in [0.717, 1.165) is 47.9 Å². The lowest BCUT2D eigenvalue weighted by Gasteiger charge is -2.11. The Morgan fingerprint density at radius 3 is 2.68 bits per heavy atom. The molecule has 0 amide bonds. The molecular formula is C27H24ClNO4S. The minimum Gasteiger partial charge on any atom is -0.494 e. The zero-order chi connectivity index (χ0) is 23.7. The molecule has 0 saturated heterocycles. The van der Waals surface area contributed by atoms with E-state index in [9.17, 15) is 4.79 Å². The topological polar surface area (TPSA) is 61.0 Å². The smallest absolute Gasteiger partial charge is 0.341 e. The molecule has 0 aliphatic heterocycles. The molecule has 34 heavy (non-hydrogen) atoms. The monoisotopic (exact) mass is 493 g/mol. The Hall–Kier alpha value is -3.09. The van der Waals surface area contributed by atoms with E-state index in [0.29, 0.717) is 38.9 Å². The van der Waals surface area contributed by atoms with Crippen LogP contribution in [0.1, 0.15) is 40.6 Å². The second-order valence-corrected chi connectivity index (χ2v) is 9.61. The van der Waals surface area contributed by atoms with Crippen molar-refractivity contribution in [1.29, 1.82) is 0 Å². The van der Waals surface area contributed by atoms with Crippen molar-refractivity contribution in [2.24, 2.45) is 4.99 Å². The number of aryl methyl sites for hydroxylation is 1. The van der Waals surface area contributed by atoms with Crippen LogP contribution >= 0.6 is 22.9 Å². The Morgan fingerprint density at radius 1 is 1.12 bits per heavy atom. The number of halogens is 1. The average molecular weight is 494 g/mol. The van der Waals surface area contributed by atoms with Crippen molar-refractivity contribution < 1.29 is 18.7 Å². The fraction of sp³-hybridized carbons (Fsp3) is 0.259. The molecule has 0 bridgehead atoms. The third kappa shape index (κ3) is 4.36. The van der Waals surface area contributed by atoms with Gasteiger partial charge in [-0.15, -0.1) is 11.3 Å². The number of fused-ring (bicyclic) bond motifs is 2. The van der Waals surface area contributed by atoms with Gasteiger partial charge in [-0.25, -0.2) is 9.79 Å². The molecule has 0 spiro atoms. The highest BCUT2D eigenvalue weighted by molar-refractivity contribution is 7.16. The van der Waals surface area contributed by atoms with Crippen LogP contribution < -0.4 is 10.1 Å². The number of carbonyl (C=O) groups excluding carboxylic acids is 1. The lowest BCUT2D eigenvalue weighted by atomic mass is 9.95. The predicted octanol–water partition coefficient (Wildman–Crippen LogP) is 7.11. The number of hydrogen-bond donors (Lipinski definition) is 0. The van der Waals surface area contributed by atoms with Gasteiger partial charge < -0.3 is 13.9 Å². The van der Waals surface area contributed by atoms with Gasteiger partial charge in [0.1, 0.15) is 22.1 Å². The van der Waals surface area contributed by atoms with E-state index < -0.39 is 0 Å². The Kier molecular flexibility index (Phi) is 6.44. The molecule has 174 valence electrons. The molecule has 0 radical (unpaired) electrons. The molecule has 0 N–H and O–H groups in total. The van der Waals surface area contributed by atoms with Crippen LogP contribution in [0.25, 0.3) is 22.3 Å². The largest absolute Gasteiger partial charge is 0.494 e. The van der Waals surface area contributed by atoms with Gasteiger partial charge in [-0.1, -0.05) is 11.6 Å². The molecule has 5 nitrogen and oxygen atoms in total. The van der Waals surface area contributed by atoms with Crippen molar-refractivity contribution in [3.8, 4) is 17.1 Å². The van der Waals surface area contributed by atoms with Crippen molar-refractivity contribution in [2.45, 2.75) is 32.6 Å². The van der Waals surface area contributed by atoms with Gasteiger partial charge in [0, 0.05) is 26.9 Å². The molecule has 0 saturated carbocycles. The van der Waals surface area contributed by atoms with Crippen molar-refractivity contribution in [2.75, 3.05) is 13.7 Å². The Balaban J connectivity index is 1.77. The first-order chi connectivity index (χ1) is 16.6. The summed E-state index contributed by atoms with van der Waals surface area (Å²) in [5.41, 5.74) is 3.23. The maximum atomic E-state index is 12.8. The molecule has 0 unspecified atom stereocenters. The average Bonchev–Trinajstić information content (AvgIpc) is 3.22. The molecule has 4 aromatic rings. The van der Waals surface area contributed by atoms with Crippen molar-refractivity contribution in [3.63, 3.8) is 0 Å². The molecular weight excluding hydrogens is 470 g/mol. The number of hydrogen-bond acceptors (Lipinski definition) is 6. The van der Waals surface area contributed by atoms with E-state index in [-0.39, 0.29) is 5.97 Å². The molecule has 2 aromatic carbocycles. The summed E-state index contributed by atoms with van der Waals surface area (Å²) in [6.07, 6.45) is 4.04. The number of nitrogens with zero attached hydrogens (tertiary/aromatic N) is 1. The molecule has 2 heterocycles. The molecule has 2 aromatic heterocycles. The maximum Gasteiger partial charge on any atom is 0.341 e. The summed E-state index contributed by atoms with van der Waals surface area (Å²) in [5, 5.41) is 2.85. The minimum atomic E-state index is -0.337. The van der Waals surface area contributed by atoms with E-state index in [4.69, 9.17) is 30.5 Å². The van der Waals surface area contributed by atoms with Crippen molar-refractivity contribution >= 4 is 44.9 Å². The third-order valence-electron chi connectivity index (χ3n) is 5.92. The second kappa shape index (κ2) is 9.65. The summed E-state index contributed by atoms with van der Waals surface area (Å²) in [5.74, 6) is 1.06. The van der Waals surface area contributed by atoms with Crippen LogP contribution in [-0.2, 0) is 17.6 Å². The van der Waals surface area contributed by atoms with Gasteiger partial charge in [0.25, 0.3) is 0 Å². The molecule has 1 aliphatic rings. The first kappa shape index (κ1) is 22.7. The summed E-state index contributed by atoms with van der Waals surface area (Å²) in [6.45, 7) is 2.50. The lowest BCUT2D eigenvalue weighted by molar-refractivity contribution is 0.0600. The fourth-order valence-electron chi connectivity index (χ4n) is 4.31. The summed E-state index contributed by atoms with van der Waals surface area (Å²) >= 11 is 7.67.